The smallest absolute Gasteiger partial charge is 0.231 e. The van der Waals surface area contributed by atoms with Gasteiger partial charge in [-0.25, -0.2) is 0 Å². The Morgan fingerprint density at radius 3 is 2.91 bits per heavy atom. The molecular formula is C18H21NO4. The molecule has 2 atom stereocenters. The molecule has 0 saturated carbocycles. The predicted molar refractivity (Wildman–Crippen MR) is 85.5 cm³/mol. The van der Waals surface area contributed by atoms with E-state index in [-0.39, 0.29) is 17.9 Å². The molecule has 122 valence electrons. The van der Waals surface area contributed by atoms with Gasteiger partial charge in [0.1, 0.15) is 35.8 Å². The van der Waals surface area contributed by atoms with E-state index in [4.69, 9.17) is 13.9 Å². The van der Waals surface area contributed by atoms with Gasteiger partial charge in [0.25, 0.3) is 0 Å². The molecule has 0 aliphatic carbocycles. The molecule has 1 amide bonds. The van der Waals surface area contributed by atoms with Crippen molar-refractivity contribution in [3.05, 3.63) is 53.5 Å². The zero-order valence-corrected chi connectivity index (χ0v) is 13.4. The van der Waals surface area contributed by atoms with Gasteiger partial charge in [0.15, 0.2) is 0 Å². The van der Waals surface area contributed by atoms with Gasteiger partial charge in [-0.2, -0.15) is 0 Å². The summed E-state index contributed by atoms with van der Waals surface area (Å²) in [5.41, 5.74) is 0.926. The fourth-order valence-electron chi connectivity index (χ4n) is 2.79. The van der Waals surface area contributed by atoms with Crippen molar-refractivity contribution in [2.75, 3.05) is 20.3 Å². The third-order valence-electron chi connectivity index (χ3n) is 4.04. The maximum atomic E-state index is 12.7. The third kappa shape index (κ3) is 3.24. The van der Waals surface area contributed by atoms with Gasteiger partial charge >= 0.3 is 0 Å². The molecule has 2 heterocycles. The Balaban J connectivity index is 1.74. The van der Waals surface area contributed by atoms with Crippen molar-refractivity contribution in [3.8, 4) is 5.75 Å². The van der Waals surface area contributed by atoms with Gasteiger partial charge in [0, 0.05) is 19.1 Å². The number of rotatable bonds is 6. The third-order valence-corrected chi connectivity index (χ3v) is 4.04. The van der Waals surface area contributed by atoms with E-state index in [9.17, 15) is 4.79 Å². The summed E-state index contributed by atoms with van der Waals surface area (Å²) in [4.78, 5) is 12.7. The predicted octanol–water partition coefficient (Wildman–Crippen LogP) is 2.82. The van der Waals surface area contributed by atoms with Crippen molar-refractivity contribution in [1.82, 2.24) is 5.32 Å². The minimum atomic E-state index is -0.305. The summed E-state index contributed by atoms with van der Waals surface area (Å²) in [6.07, 6.45) is 0.817. The van der Waals surface area contributed by atoms with E-state index in [1.54, 1.807) is 7.11 Å². The van der Waals surface area contributed by atoms with Crippen molar-refractivity contribution < 1.29 is 18.7 Å². The minimum Gasteiger partial charge on any atom is -0.492 e. The number of ether oxygens (including phenoxy) is 2. The van der Waals surface area contributed by atoms with Gasteiger partial charge in [0.2, 0.25) is 5.91 Å². The molecule has 1 aromatic heterocycles. The molecule has 23 heavy (non-hydrogen) atoms. The number of hydrogen-bond donors (Lipinski definition) is 1. The van der Waals surface area contributed by atoms with Crippen molar-refractivity contribution >= 4 is 5.91 Å². The van der Waals surface area contributed by atoms with Gasteiger partial charge < -0.3 is 19.2 Å². The quantitative estimate of drug-likeness (QED) is 0.890. The Bertz CT molecular complexity index is 679. The number of para-hydroxylation sites is 1. The van der Waals surface area contributed by atoms with Gasteiger partial charge in [-0.05, 0) is 18.2 Å². The Hall–Kier alpha value is -2.27. The normalized spacial score (nSPS) is 17.4. The van der Waals surface area contributed by atoms with E-state index >= 15 is 0 Å². The molecule has 5 nitrogen and oxygen atoms in total. The standard InChI is InChI=1S/C18H21NO4/c1-3-12-8-9-17(23-12)15(11-21-2)19-18(20)14-10-22-16-7-5-4-6-13(14)16/h4-9,14-15H,3,10-11H2,1-2H3,(H,19,20)/t14-,15+/m1/s1. The highest BCUT2D eigenvalue weighted by Gasteiger charge is 2.32. The summed E-state index contributed by atoms with van der Waals surface area (Å²) in [7, 11) is 1.61. The number of carbonyl (C=O) groups excluding carboxylic acids is 1. The lowest BCUT2D eigenvalue weighted by molar-refractivity contribution is -0.124. The van der Waals surface area contributed by atoms with E-state index in [0.717, 1.165) is 23.5 Å². The van der Waals surface area contributed by atoms with Crippen LogP contribution in [-0.4, -0.2) is 26.2 Å². The van der Waals surface area contributed by atoms with Crippen LogP contribution in [0.1, 0.15) is 36.0 Å². The van der Waals surface area contributed by atoms with E-state index in [1.165, 1.54) is 0 Å². The van der Waals surface area contributed by atoms with Gasteiger partial charge in [-0.15, -0.1) is 0 Å². The number of furan rings is 1. The summed E-state index contributed by atoms with van der Waals surface area (Å²) in [5.74, 6) is 2.01. The van der Waals surface area contributed by atoms with E-state index in [0.29, 0.717) is 19.0 Å². The lowest BCUT2D eigenvalue weighted by atomic mass is 10.00. The zero-order valence-electron chi connectivity index (χ0n) is 13.4. The maximum absolute atomic E-state index is 12.7. The molecule has 5 heteroatoms. The lowest BCUT2D eigenvalue weighted by Gasteiger charge is -2.18. The number of methoxy groups -OCH3 is 1. The second-order valence-corrected chi connectivity index (χ2v) is 5.58. The van der Waals surface area contributed by atoms with Crippen LogP contribution >= 0.6 is 0 Å². The SMILES string of the molecule is CCc1ccc([C@H](COC)NC(=O)[C@@H]2COc3ccccc32)o1. The highest BCUT2D eigenvalue weighted by molar-refractivity contribution is 5.85. The van der Waals surface area contributed by atoms with Crippen LogP contribution in [0.15, 0.2) is 40.8 Å². The van der Waals surface area contributed by atoms with Crippen molar-refractivity contribution in [3.63, 3.8) is 0 Å². The highest BCUT2D eigenvalue weighted by atomic mass is 16.5. The molecule has 1 N–H and O–H groups in total. The number of hydrogen-bond acceptors (Lipinski definition) is 4. The van der Waals surface area contributed by atoms with Crippen LogP contribution in [0.4, 0.5) is 0 Å². The molecule has 1 aliphatic rings. The van der Waals surface area contributed by atoms with Gasteiger partial charge in [-0.3, -0.25) is 4.79 Å². The zero-order chi connectivity index (χ0) is 16.2. The summed E-state index contributed by atoms with van der Waals surface area (Å²) in [6.45, 7) is 2.75. The summed E-state index contributed by atoms with van der Waals surface area (Å²) < 4.78 is 16.6. The molecule has 0 spiro atoms. The number of carbonyl (C=O) groups is 1. The topological polar surface area (TPSA) is 60.7 Å². The first-order valence-electron chi connectivity index (χ1n) is 7.82. The van der Waals surface area contributed by atoms with Gasteiger partial charge in [0.05, 0.1) is 6.61 Å². The van der Waals surface area contributed by atoms with Crippen LogP contribution in [-0.2, 0) is 16.0 Å². The molecule has 0 unspecified atom stereocenters. The maximum Gasteiger partial charge on any atom is 0.231 e. The highest BCUT2D eigenvalue weighted by Crippen LogP contribution is 2.34. The fraction of sp³-hybridized carbons (Fsp3) is 0.389. The Kier molecular flexibility index (Phi) is 4.67. The Morgan fingerprint density at radius 2 is 2.17 bits per heavy atom. The molecule has 0 radical (unpaired) electrons. The summed E-state index contributed by atoms with van der Waals surface area (Å²) in [6, 6.07) is 11.2. The molecule has 1 aliphatic heterocycles. The molecule has 0 saturated heterocycles. The molecule has 0 bridgehead atoms. The number of benzene rings is 1. The van der Waals surface area contributed by atoms with Crippen LogP contribution in [0, 0.1) is 0 Å². The van der Waals surface area contributed by atoms with Gasteiger partial charge in [-0.1, -0.05) is 25.1 Å². The number of aryl methyl sites for hydroxylation is 1. The minimum absolute atomic E-state index is 0.0774. The van der Waals surface area contributed by atoms with Crippen LogP contribution in [0.2, 0.25) is 0 Å². The van der Waals surface area contributed by atoms with Crippen LogP contribution in [0.25, 0.3) is 0 Å². The first kappa shape index (κ1) is 15.6. The van der Waals surface area contributed by atoms with Crippen LogP contribution in [0.3, 0.4) is 0 Å². The first-order chi connectivity index (χ1) is 11.2. The summed E-state index contributed by atoms with van der Waals surface area (Å²) in [5, 5.41) is 3.02. The van der Waals surface area contributed by atoms with Crippen molar-refractivity contribution in [1.29, 1.82) is 0 Å². The molecule has 0 fully saturated rings. The number of fused-ring (bicyclic) bond motifs is 1. The molecule has 1 aromatic carbocycles. The van der Waals surface area contributed by atoms with E-state index in [1.807, 2.05) is 43.3 Å². The van der Waals surface area contributed by atoms with Crippen LogP contribution in [0.5, 0.6) is 5.75 Å². The van der Waals surface area contributed by atoms with Crippen molar-refractivity contribution in [2.45, 2.75) is 25.3 Å². The van der Waals surface area contributed by atoms with E-state index < -0.39 is 0 Å². The van der Waals surface area contributed by atoms with E-state index in [2.05, 4.69) is 5.32 Å². The molecular weight excluding hydrogens is 294 g/mol. The second-order valence-electron chi connectivity index (χ2n) is 5.58. The Morgan fingerprint density at radius 1 is 1.35 bits per heavy atom. The molecule has 2 aromatic rings. The average Bonchev–Trinajstić information content (AvgIpc) is 3.21. The summed E-state index contributed by atoms with van der Waals surface area (Å²) >= 11 is 0. The molecule has 3 rings (SSSR count). The number of amides is 1. The lowest BCUT2D eigenvalue weighted by Crippen LogP contribution is -2.35. The van der Waals surface area contributed by atoms with Crippen LogP contribution < -0.4 is 10.1 Å². The monoisotopic (exact) mass is 315 g/mol. The fourth-order valence-corrected chi connectivity index (χ4v) is 2.79. The average molecular weight is 315 g/mol. The number of nitrogens with one attached hydrogen (secondary N) is 1. The largest absolute Gasteiger partial charge is 0.492 e. The Labute approximate surface area is 135 Å². The first-order valence-corrected chi connectivity index (χ1v) is 7.82. The van der Waals surface area contributed by atoms with Crippen molar-refractivity contribution in [2.24, 2.45) is 0 Å². The second kappa shape index (κ2) is 6.87.